The molecule has 0 saturated carbocycles. The molecule has 0 atom stereocenters. The van der Waals surface area contributed by atoms with Gasteiger partial charge in [-0.1, -0.05) is 152 Å². The first-order valence-electron chi connectivity index (χ1n) is 19.2. The molecule has 10 aromatic carbocycles. The Labute approximate surface area is 330 Å². The predicted molar refractivity (Wildman–Crippen MR) is 243 cm³/mol. The van der Waals surface area contributed by atoms with Gasteiger partial charge >= 0.3 is 0 Å². The van der Waals surface area contributed by atoms with E-state index in [4.69, 9.17) is 0 Å². The SMILES string of the molecule is c1ccc(-c2cc(-c3ccccc3)cc(N(c3ccc(-c4ccc5sc6ccccc6c5c4)cc3)c3ccc4c5ccccc5c5ccccc5c4c3)c2)cc1. The largest absolute Gasteiger partial charge is 0.310 e. The summed E-state index contributed by atoms with van der Waals surface area (Å²) in [4.78, 5) is 2.43. The normalized spacial score (nSPS) is 11.6. The summed E-state index contributed by atoms with van der Waals surface area (Å²) in [6, 6.07) is 77.8. The highest BCUT2D eigenvalue weighted by Crippen LogP contribution is 2.44. The maximum Gasteiger partial charge on any atom is 0.0473 e. The van der Waals surface area contributed by atoms with Crippen molar-refractivity contribution in [3.05, 3.63) is 212 Å². The van der Waals surface area contributed by atoms with Crippen LogP contribution in [0.4, 0.5) is 17.1 Å². The smallest absolute Gasteiger partial charge is 0.0473 e. The van der Waals surface area contributed by atoms with Crippen LogP contribution >= 0.6 is 11.3 Å². The Bertz CT molecular complexity index is 3140. The topological polar surface area (TPSA) is 3.24 Å². The lowest BCUT2D eigenvalue weighted by atomic mass is 9.93. The standard InChI is InChI=1S/C54H35NS/c1-3-13-36(14-4-1)40-31-41(37-15-5-2-6-16-37)33-44(32-40)55(43-28-29-49-47-19-8-7-17-45(47)46-18-9-10-20-48(46)51(49)35-43)42-26-23-38(24-27-42)39-25-30-54-52(34-39)50-21-11-12-22-53(50)56-54/h1-35H. The van der Waals surface area contributed by atoms with Gasteiger partial charge in [0.1, 0.15) is 0 Å². The van der Waals surface area contributed by atoms with Crippen LogP contribution in [0.1, 0.15) is 0 Å². The monoisotopic (exact) mass is 729 g/mol. The molecule has 0 amide bonds. The molecule has 0 saturated heterocycles. The third-order valence-corrected chi connectivity index (χ3v) is 12.4. The molecule has 0 aliphatic heterocycles. The number of benzene rings is 10. The number of rotatable bonds is 6. The summed E-state index contributed by atoms with van der Waals surface area (Å²) < 4.78 is 2.65. The molecule has 11 rings (SSSR count). The first-order valence-corrected chi connectivity index (χ1v) is 20.0. The Morgan fingerprint density at radius 1 is 0.232 bits per heavy atom. The van der Waals surface area contributed by atoms with Gasteiger partial charge in [-0.05, 0) is 126 Å². The molecule has 1 heterocycles. The molecule has 0 N–H and O–H groups in total. The van der Waals surface area contributed by atoms with E-state index in [-0.39, 0.29) is 0 Å². The minimum Gasteiger partial charge on any atom is -0.310 e. The Balaban J connectivity index is 1.13. The molecule has 0 aliphatic rings. The summed E-state index contributed by atoms with van der Waals surface area (Å²) in [5, 5.41) is 10.2. The van der Waals surface area contributed by atoms with Gasteiger partial charge in [0.2, 0.25) is 0 Å². The maximum atomic E-state index is 2.43. The Hall–Kier alpha value is -7.00. The van der Waals surface area contributed by atoms with E-state index in [0.29, 0.717) is 0 Å². The van der Waals surface area contributed by atoms with Gasteiger partial charge in [0, 0.05) is 37.2 Å². The lowest BCUT2D eigenvalue weighted by Gasteiger charge is -2.28. The van der Waals surface area contributed by atoms with Gasteiger partial charge in [-0.25, -0.2) is 0 Å². The lowest BCUT2D eigenvalue weighted by Crippen LogP contribution is -2.10. The summed E-state index contributed by atoms with van der Waals surface area (Å²) in [6.07, 6.45) is 0. The summed E-state index contributed by atoms with van der Waals surface area (Å²) in [5.74, 6) is 0. The maximum absolute atomic E-state index is 2.43. The van der Waals surface area contributed by atoms with E-state index in [0.717, 1.165) is 17.1 Å². The second-order valence-corrected chi connectivity index (χ2v) is 15.6. The number of nitrogens with zero attached hydrogens (tertiary/aromatic N) is 1. The molecule has 1 aromatic heterocycles. The fourth-order valence-electron chi connectivity index (χ4n) is 8.53. The van der Waals surface area contributed by atoms with Crippen molar-refractivity contribution < 1.29 is 0 Å². The second kappa shape index (κ2) is 13.4. The molecule has 0 bridgehead atoms. The first-order chi connectivity index (χ1) is 27.7. The number of hydrogen-bond acceptors (Lipinski definition) is 2. The first kappa shape index (κ1) is 32.4. The molecule has 0 radical (unpaired) electrons. The van der Waals surface area contributed by atoms with Crippen LogP contribution in [0, 0.1) is 0 Å². The average Bonchev–Trinajstić information content (AvgIpc) is 3.65. The molecule has 0 unspecified atom stereocenters. The van der Waals surface area contributed by atoms with Crippen LogP contribution < -0.4 is 4.90 Å². The highest BCUT2D eigenvalue weighted by Gasteiger charge is 2.18. The minimum atomic E-state index is 1.10. The van der Waals surface area contributed by atoms with E-state index in [1.165, 1.54) is 85.9 Å². The zero-order valence-corrected chi connectivity index (χ0v) is 31.4. The van der Waals surface area contributed by atoms with Crippen LogP contribution in [-0.2, 0) is 0 Å². The van der Waals surface area contributed by atoms with E-state index in [9.17, 15) is 0 Å². The molecule has 11 aromatic rings. The molecule has 2 heteroatoms. The Morgan fingerprint density at radius 2 is 0.696 bits per heavy atom. The van der Waals surface area contributed by atoms with Gasteiger partial charge in [0.25, 0.3) is 0 Å². The van der Waals surface area contributed by atoms with Crippen molar-refractivity contribution in [1.82, 2.24) is 0 Å². The van der Waals surface area contributed by atoms with E-state index in [1.807, 2.05) is 11.3 Å². The third kappa shape index (κ3) is 5.54. The van der Waals surface area contributed by atoms with E-state index >= 15 is 0 Å². The van der Waals surface area contributed by atoms with Crippen molar-refractivity contribution in [2.24, 2.45) is 0 Å². The van der Waals surface area contributed by atoms with Gasteiger partial charge in [-0.3, -0.25) is 0 Å². The fraction of sp³-hybridized carbons (Fsp3) is 0. The van der Waals surface area contributed by atoms with Crippen LogP contribution in [-0.4, -0.2) is 0 Å². The zero-order chi connectivity index (χ0) is 37.0. The highest BCUT2D eigenvalue weighted by atomic mass is 32.1. The van der Waals surface area contributed by atoms with Gasteiger partial charge in [0.15, 0.2) is 0 Å². The van der Waals surface area contributed by atoms with Crippen LogP contribution in [0.5, 0.6) is 0 Å². The quantitative estimate of drug-likeness (QED) is 0.154. The predicted octanol–water partition coefficient (Wildman–Crippen LogP) is 16.0. The van der Waals surface area contributed by atoms with Crippen LogP contribution in [0.2, 0.25) is 0 Å². The van der Waals surface area contributed by atoms with Gasteiger partial charge in [0.05, 0.1) is 0 Å². The van der Waals surface area contributed by atoms with Gasteiger partial charge in [-0.2, -0.15) is 0 Å². The fourth-order valence-corrected chi connectivity index (χ4v) is 9.61. The Kier molecular flexibility index (Phi) is 7.75. The molecule has 1 nitrogen and oxygen atoms in total. The average molecular weight is 730 g/mol. The molecule has 0 spiro atoms. The zero-order valence-electron chi connectivity index (χ0n) is 30.6. The van der Waals surface area contributed by atoms with E-state index in [2.05, 4.69) is 217 Å². The van der Waals surface area contributed by atoms with E-state index < -0.39 is 0 Å². The highest BCUT2D eigenvalue weighted by molar-refractivity contribution is 7.25. The number of fused-ring (bicyclic) bond motifs is 9. The van der Waals surface area contributed by atoms with Crippen molar-refractivity contribution in [2.75, 3.05) is 4.90 Å². The number of anilines is 3. The molecular weight excluding hydrogens is 695 g/mol. The van der Waals surface area contributed by atoms with Gasteiger partial charge < -0.3 is 4.90 Å². The van der Waals surface area contributed by atoms with Crippen molar-refractivity contribution in [2.45, 2.75) is 0 Å². The van der Waals surface area contributed by atoms with Crippen LogP contribution in [0.3, 0.4) is 0 Å². The molecular formula is C54H35NS. The summed E-state index contributed by atoms with van der Waals surface area (Å²) in [6.45, 7) is 0. The molecule has 0 aliphatic carbocycles. The van der Waals surface area contributed by atoms with Crippen molar-refractivity contribution in [1.29, 1.82) is 0 Å². The van der Waals surface area contributed by atoms with E-state index in [1.54, 1.807) is 0 Å². The number of hydrogen-bond donors (Lipinski definition) is 0. The van der Waals surface area contributed by atoms with Crippen molar-refractivity contribution in [3.63, 3.8) is 0 Å². The Morgan fingerprint density at radius 3 is 1.32 bits per heavy atom. The van der Waals surface area contributed by atoms with Gasteiger partial charge in [-0.15, -0.1) is 11.3 Å². The number of thiophene rings is 1. The van der Waals surface area contributed by atoms with Crippen molar-refractivity contribution >= 4 is 80.9 Å². The molecule has 0 fully saturated rings. The summed E-state index contributed by atoms with van der Waals surface area (Å²) in [5.41, 5.74) is 10.5. The summed E-state index contributed by atoms with van der Waals surface area (Å²) >= 11 is 1.86. The van der Waals surface area contributed by atoms with Crippen LogP contribution in [0.15, 0.2) is 212 Å². The summed E-state index contributed by atoms with van der Waals surface area (Å²) in [7, 11) is 0. The molecule has 56 heavy (non-hydrogen) atoms. The lowest BCUT2D eigenvalue weighted by molar-refractivity contribution is 1.29. The van der Waals surface area contributed by atoms with Crippen LogP contribution in [0.25, 0.3) is 85.9 Å². The third-order valence-electron chi connectivity index (χ3n) is 11.2. The molecule has 262 valence electrons. The minimum absolute atomic E-state index is 1.10. The second-order valence-electron chi connectivity index (χ2n) is 14.5. The van der Waals surface area contributed by atoms with Crippen molar-refractivity contribution in [3.8, 4) is 33.4 Å².